The van der Waals surface area contributed by atoms with E-state index in [1.807, 2.05) is 6.08 Å². The average molecular weight is 170 g/mol. The largest absolute Gasteiger partial charge is 0.251 e. The van der Waals surface area contributed by atoms with E-state index in [-0.39, 0.29) is 6.67 Å². The molecule has 1 saturated carbocycles. The average Bonchev–Trinajstić information content (AvgIpc) is 2.09. The lowest BCUT2D eigenvalue weighted by atomic mass is 9.83. The van der Waals surface area contributed by atoms with Gasteiger partial charge in [-0.25, -0.2) is 0 Å². The molecule has 0 aromatic heterocycles. The van der Waals surface area contributed by atoms with Gasteiger partial charge in [-0.3, -0.25) is 4.39 Å². The van der Waals surface area contributed by atoms with Crippen molar-refractivity contribution in [3.8, 4) is 0 Å². The van der Waals surface area contributed by atoms with E-state index in [1.54, 1.807) is 0 Å². The molecule has 0 atom stereocenters. The van der Waals surface area contributed by atoms with Gasteiger partial charge in [-0.05, 0) is 31.1 Å². The summed E-state index contributed by atoms with van der Waals surface area (Å²) in [4.78, 5) is 0. The molecule has 0 unspecified atom stereocenters. The van der Waals surface area contributed by atoms with E-state index < -0.39 is 0 Å². The van der Waals surface area contributed by atoms with Crippen molar-refractivity contribution >= 4 is 0 Å². The van der Waals surface area contributed by atoms with E-state index in [2.05, 4.69) is 13.0 Å². The Morgan fingerprint density at radius 1 is 1.25 bits per heavy atom. The number of hydrogen-bond acceptors (Lipinski definition) is 0. The zero-order valence-electron chi connectivity index (χ0n) is 7.93. The Balaban J connectivity index is 2.17. The monoisotopic (exact) mass is 170 g/mol. The van der Waals surface area contributed by atoms with Gasteiger partial charge in [0.1, 0.15) is 0 Å². The first-order valence-corrected chi connectivity index (χ1v) is 5.05. The van der Waals surface area contributed by atoms with E-state index in [0.29, 0.717) is 6.42 Å². The fraction of sp³-hybridized carbons (Fsp3) is 0.818. The molecule has 1 aliphatic rings. The lowest BCUT2D eigenvalue weighted by Crippen LogP contribution is -2.09. The highest BCUT2D eigenvalue weighted by atomic mass is 19.1. The van der Waals surface area contributed by atoms with Crippen LogP contribution in [0.15, 0.2) is 12.2 Å². The highest BCUT2D eigenvalue weighted by Crippen LogP contribution is 2.28. The Labute approximate surface area is 74.9 Å². The summed E-state index contributed by atoms with van der Waals surface area (Å²) < 4.78 is 11.8. The molecule has 0 N–H and O–H groups in total. The fourth-order valence-corrected chi connectivity index (χ4v) is 1.83. The maximum atomic E-state index is 11.8. The summed E-state index contributed by atoms with van der Waals surface area (Å²) in [5.41, 5.74) is 0. The van der Waals surface area contributed by atoms with E-state index in [1.165, 1.54) is 25.7 Å². The van der Waals surface area contributed by atoms with Gasteiger partial charge in [0.2, 0.25) is 0 Å². The van der Waals surface area contributed by atoms with Crippen LogP contribution in [-0.2, 0) is 0 Å². The van der Waals surface area contributed by atoms with Crippen LogP contribution in [0.25, 0.3) is 0 Å². The molecular formula is C11H19F. The van der Waals surface area contributed by atoms with Crippen LogP contribution in [0.4, 0.5) is 4.39 Å². The summed E-state index contributed by atoms with van der Waals surface area (Å²) in [6.07, 6.45) is 10.1. The highest BCUT2D eigenvalue weighted by Gasteiger charge is 2.15. The molecule has 0 nitrogen and oxygen atoms in total. The van der Waals surface area contributed by atoms with Crippen LogP contribution >= 0.6 is 0 Å². The lowest BCUT2D eigenvalue weighted by molar-refractivity contribution is 0.330. The van der Waals surface area contributed by atoms with Crippen LogP contribution in [0.2, 0.25) is 0 Å². The van der Waals surface area contributed by atoms with Crippen LogP contribution < -0.4 is 0 Å². The molecule has 1 fully saturated rings. The molecule has 0 radical (unpaired) electrons. The van der Waals surface area contributed by atoms with Crippen molar-refractivity contribution in [2.24, 2.45) is 11.8 Å². The normalized spacial score (nSPS) is 31.2. The molecule has 0 aromatic rings. The molecule has 0 aliphatic heterocycles. The predicted octanol–water partition coefficient (Wildman–Crippen LogP) is 3.73. The van der Waals surface area contributed by atoms with Gasteiger partial charge in [0, 0.05) is 0 Å². The van der Waals surface area contributed by atoms with Crippen LogP contribution in [0.1, 0.15) is 39.0 Å². The summed E-state index contributed by atoms with van der Waals surface area (Å²) in [5.74, 6) is 1.66. The Hall–Kier alpha value is -0.330. The smallest absolute Gasteiger partial charge is 0.0928 e. The van der Waals surface area contributed by atoms with Crippen LogP contribution in [0.3, 0.4) is 0 Å². The minimum atomic E-state index is -0.209. The van der Waals surface area contributed by atoms with Gasteiger partial charge in [-0.15, -0.1) is 0 Å². The van der Waals surface area contributed by atoms with Crippen molar-refractivity contribution < 1.29 is 4.39 Å². The molecular weight excluding hydrogens is 151 g/mol. The van der Waals surface area contributed by atoms with E-state index in [9.17, 15) is 4.39 Å². The van der Waals surface area contributed by atoms with Gasteiger partial charge in [-0.2, -0.15) is 0 Å². The van der Waals surface area contributed by atoms with Crippen molar-refractivity contribution in [1.82, 2.24) is 0 Å². The summed E-state index contributed by atoms with van der Waals surface area (Å²) in [7, 11) is 0. The third kappa shape index (κ3) is 3.38. The molecule has 0 amide bonds. The summed E-state index contributed by atoms with van der Waals surface area (Å²) in [6, 6.07) is 0. The predicted molar refractivity (Wildman–Crippen MR) is 50.9 cm³/mol. The molecule has 0 spiro atoms. The second-order valence-electron chi connectivity index (χ2n) is 3.93. The number of halogens is 1. The quantitative estimate of drug-likeness (QED) is 0.566. The number of allylic oxidation sites excluding steroid dienone is 2. The first-order valence-electron chi connectivity index (χ1n) is 5.05. The van der Waals surface area contributed by atoms with Gasteiger partial charge in [0.15, 0.2) is 0 Å². The zero-order chi connectivity index (χ0) is 8.81. The first-order chi connectivity index (χ1) is 5.83. The van der Waals surface area contributed by atoms with Crippen molar-refractivity contribution in [2.45, 2.75) is 39.0 Å². The van der Waals surface area contributed by atoms with Crippen LogP contribution in [0.5, 0.6) is 0 Å². The van der Waals surface area contributed by atoms with Gasteiger partial charge < -0.3 is 0 Å². The van der Waals surface area contributed by atoms with Gasteiger partial charge >= 0.3 is 0 Å². The third-order valence-corrected chi connectivity index (χ3v) is 2.74. The summed E-state index contributed by atoms with van der Waals surface area (Å²) >= 11 is 0. The number of hydrogen-bond donors (Lipinski definition) is 0. The van der Waals surface area contributed by atoms with Crippen LogP contribution in [0, 0.1) is 11.8 Å². The van der Waals surface area contributed by atoms with E-state index in [4.69, 9.17) is 0 Å². The Morgan fingerprint density at radius 2 is 1.92 bits per heavy atom. The minimum Gasteiger partial charge on any atom is -0.251 e. The standard InChI is InChI=1S/C11H19F/c1-10-5-7-11(8-6-10)4-2-3-9-12/h2,4,10-11H,3,5-9H2,1H3. The molecule has 12 heavy (non-hydrogen) atoms. The molecule has 0 heterocycles. The molecule has 0 saturated heterocycles. The van der Waals surface area contributed by atoms with Crippen molar-refractivity contribution in [3.05, 3.63) is 12.2 Å². The molecule has 1 aliphatic carbocycles. The molecule has 0 bridgehead atoms. The Bertz CT molecular complexity index is 132. The maximum absolute atomic E-state index is 11.8. The van der Waals surface area contributed by atoms with E-state index in [0.717, 1.165) is 11.8 Å². The summed E-state index contributed by atoms with van der Waals surface area (Å²) in [5, 5.41) is 0. The Kier molecular flexibility index (Phi) is 4.34. The van der Waals surface area contributed by atoms with Crippen molar-refractivity contribution in [1.29, 1.82) is 0 Å². The minimum absolute atomic E-state index is 0.209. The highest BCUT2D eigenvalue weighted by molar-refractivity contribution is 4.90. The molecule has 0 aromatic carbocycles. The number of rotatable bonds is 3. The van der Waals surface area contributed by atoms with Gasteiger partial charge in [0.05, 0.1) is 6.67 Å². The van der Waals surface area contributed by atoms with E-state index >= 15 is 0 Å². The van der Waals surface area contributed by atoms with Gasteiger partial charge in [0.25, 0.3) is 0 Å². The third-order valence-electron chi connectivity index (χ3n) is 2.74. The molecule has 70 valence electrons. The first kappa shape index (κ1) is 9.76. The maximum Gasteiger partial charge on any atom is 0.0928 e. The van der Waals surface area contributed by atoms with Crippen molar-refractivity contribution in [3.63, 3.8) is 0 Å². The topological polar surface area (TPSA) is 0 Å². The van der Waals surface area contributed by atoms with Crippen LogP contribution in [-0.4, -0.2) is 6.67 Å². The molecule has 1 heteroatoms. The zero-order valence-corrected chi connectivity index (χ0v) is 7.93. The fourth-order valence-electron chi connectivity index (χ4n) is 1.83. The molecule has 1 rings (SSSR count). The second kappa shape index (κ2) is 5.34. The summed E-state index contributed by atoms with van der Waals surface area (Å²) in [6.45, 7) is 2.11. The Morgan fingerprint density at radius 3 is 2.50 bits per heavy atom. The van der Waals surface area contributed by atoms with Crippen molar-refractivity contribution in [2.75, 3.05) is 6.67 Å². The second-order valence-corrected chi connectivity index (χ2v) is 3.93. The van der Waals surface area contributed by atoms with Gasteiger partial charge in [-0.1, -0.05) is 31.9 Å². The lowest BCUT2D eigenvalue weighted by Gasteiger charge is -2.23. The SMILES string of the molecule is CC1CCC(C=CCCF)CC1. The number of alkyl halides is 1.